The number of carbonyl (C=O) groups excluding carboxylic acids is 2. The molecular formula is C18H17F2N3O3. The first-order chi connectivity index (χ1) is 12.5. The Bertz CT molecular complexity index is 793. The zero-order valence-corrected chi connectivity index (χ0v) is 13.7. The van der Waals surface area contributed by atoms with Crippen LogP contribution in [0, 0.1) is 0 Å². The number of anilines is 2. The Morgan fingerprint density at radius 1 is 0.962 bits per heavy atom. The number of halogens is 2. The Morgan fingerprint density at radius 2 is 1.58 bits per heavy atom. The molecule has 3 amide bonds. The molecule has 3 N–H and O–H groups in total. The summed E-state index contributed by atoms with van der Waals surface area (Å²) in [6, 6.07) is 12.2. The van der Waals surface area contributed by atoms with Gasteiger partial charge in [-0.2, -0.15) is 8.78 Å². The van der Waals surface area contributed by atoms with Crippen LogP contribution >= 0.6 is 0 Å². The molecule has 2 aromatic carbocycles. The molecule has 0 spiro atoms. The molecule has 0 bridgehead atoms. The van der Waals surface area contributed by atoms with Gasteiger partial charge in [-0.25, -0.2) is 4.79 Å². The minimum absolute atomic E-state index is 0.00110. The Labute approximate surface area is 148 Å². The topological polar surface area (TPSA) is 79.5 Å². The third-order valence-corrected chi connectivity index (χ3v) is 3.66. The summed E-state index contributed by atoms with van der Waals surface area (Å²) in [5.41, 5.74) is 1.02. The quantitative estimate of drug-likeness (QED) is 0.732. The number of urea groups is 1. The van der Waals surface area contributed by atoms with Crippen LogP contribution < -0.4 is 20.7 Å². The van der Waals surface area contributed by atoms with Gasteiger partial charge in [0, 0.05) is 17.4 Å². The second kappa shape index (κ2) is 7.81. The molecule has 1 aliphatic rings. The molecule has 3 rings (SSSR count). The smallest absolute Gasteiger partial charge is 0.387 e. The maximum atomic E-state index is 12.4. The molecule has 2 aromatic rings. The van der Waals surface area contributed by atoms with E-state index in [9.17, 15) is 18.4 Å². The normalized spacial score (nSPS) is 13.2. The maximum Gasteiger partial charge on any atom is 0.387 e. The van der Waals surface area contributed by atoms with Gasteiger partial charge in [-0.1, -0.05) is 12.1 Å². The fraction of sp³-hybridized carbons (Fsp3) is 0.222. The number of ether oxygens (including phenoxy) is 1. The van der Waals surface area contributed by atoms with Crippen LogP contribution in [0.5, 0.6) is 5.75 Å². The molecule has 26 heavy (non-hydrogen) atoms. The van der Waals surface area contributed by atoms with E-state index in [2.05, 4.69) is 20.7 Å². The van der Waals surface area contributed by atoms with Gasteiger partial charge in [-0.15, -0.1) is 0 Å². The van der Waals surface area contributed by atoms with Crippen molar-refractivity contribution in [2.75, 3.05) is 10.6 Å². The summed E-state index contributed by atoms with van der Waals surface area (Å²) in [6.45, 7) is -3.02. The number of hydrogen-bond acceptors (Lipinski definition) is 3. The van der Waals surface area contributed by atoms with E-state index in [0.717, 1.165) is 12.8 Å². The average Bonchev–Trinajstić information content (AvgIpc) is 3.40. The lowest BCUT2D eigenvalue weighted by Gasteiger charge is -2.11. The fourth-order valence-corrected chi connectivity index (χ4v) is 2.27. The molecule has 1 saturated carbocycles. The van der Waals surface area contributed by atoms with Gasteiger partial charge in [0.2, 0.25) is 0 Å². The SMILES string of the molecule is O=C(Nc1ccc(NC(=O)c2ccccc2OC(F)F)cc1)NC1CC1. The second-order valence-corrected chi connectivity index (χ2v) is 5.78. The number of amides is 3. The highest BCUT2D eigenvalue weighted by Gasteiger charge is 2.23. The van der Waals surface area contributed by atoms with Crippen molar-refractivity contribution in [3.8, 4) is 5.75 Å². The molecule has 8 heteroatoms. The van der Waals surface area contributed by atoms with Crippen LogP contribution in [-0.2, 0) is 0 Å². The van der Waals surface area contributed by atoms with E-state index >= 15 is 0 Å². The van der Waals surface area contributed by atoms with E-state index in [1.54, 1.807) is 30.3 Å². The molecular weight excluding hydrogens is 344 g/mol. The highest BCUT2D eigenvalue weighted by molar-refractivity contribution is 6.06. The number of rotatable bonds is 6. The van der Waals surface area contributed by atoms with Crippen molar-refractivity contribution >= 4 is 23.3 Å². The Morgan fingerprint density at radius 3 is 2.19 bits per heavy atom. The standard InChI is InChI=1S/C18H17F2N3O3/c19-17(20)26-15-4-2-1-3-14(15)16(24)21-11-5-7-12(8-6-11)22-18(25)23-13-9-10-13/h1-8,13,17H,9-10H2,(H,21,24)(H2,22,23,25). The number of nitrogens with one attached hydrogen (secondary N) is 3. The van der Waals surface area contributed by atoms with E-state index in [0.29, 0.717) is 11.4 Å². The number of carbonyl (C=O) groups is 2. The van der Waals surface area contributed by atoms with Crippen molar-refractivity contribution < 1.29 is 23.1 Å². The van der Waals surface area contributed by atoms with Crippen LogP contribution in [0.25, 0.3) is 0 Å². The summed E-state index contributed by atoms with van der Waals surface area (Å²) in [4.78, 5) is 24.0. The van der Waals surface area contributed by atoms with E-state index in [1.165, 1.54) is 18.2 Å². The Kier molecular flexibility index (Phi) is 5.31. The molecule has 1 aliphatic carbocycles. The maximum absolute atomic E-state index is 12.4. The first-order valence-electron chi connectivity index (χ1n) is 8.04. The lowest BCUT2D eigenvalue weighted by Crippen LogP contribution is -2.30. The van der Waals surface area contributed by atoms with E-state index in [1.807, 2.05) is 0 Å². The van der Waals surface area contributed by atoms with Crippen LogP contribution in [0.2, 0.25) is 0 Å². The van der Waals surface area contributed by atoms with Gasteiger partial charge in [0.05, 0.1) is 5.56 Å². The second-order valence-electron chi connectivity index (χ2n) is 5.78. The number of para-hydroxylation sites is 1. The summed E-state index contributed by atoms with van der Waals surface area (Å²) in [5, 5.41) is 8.09. The fourth-order valence-electron chi connectivity index (χ4n) is 2.27. The predicted molar refractivity (Wildman–Crippen MR) is 92.6 cm³/mol. The van der Waals surface area contributed by atoms with Crippen LogP contribution in [0.15, 0.2) is 48.5 Å². The van der Waals surface area contributed by atoms with Crippen molar-refractivity contribution in [2.45, 2.75) is 25.5 Å². The van der Waals surface area contributed by atoms with Crippen LogP contribution in [0.3, 0.4) is 0 Å². The highest BCUT2D eigenvalue weighted by Crippen LogP contribution is 2.22. The van der Waals surface area contributed by atoms with Crippen molar-refractivity contribution in [1.29, 1.82) is 0 Å². The molecule has 0 aromatic heterocycles. The van der Waals surface area contributed by atoms with Gasteiger partial charge in [-0.05, 0) is 49.2 Å². The van der Waals surface area contributed by atoms with Crippen molar-refractivity contribution in [2.24, 2.45) is 0 Å². The Balaban J connectivity index is 1.61. The predicted octanol–water partition coefficient (Wildman–Crippen LogP) is 3.82. The summed E-state index contributed by atoms with van der Waals surface area (Å²) in [6.07, 6.45) is 1.99. The van der Waals surface area contributed by atoms with E-state index in [4.69, 9.17) is 0 Å². The van der Waals surface area contributed by atoms with Crippen LogP contribution in [0.1, 0.15) is 23.2 Å². The largest absolute Gasteiger partial charge is 0.434 e. The summed E-state index contributed by atoms with van der Waals surface area (Å²) in [5.74, 6) is -0.775. The van der Waals surface area contributed by atoms with Gasteiger partial charge in [0.15, 0.2) is 0 Å². The lowest BCUT2D eigenvalue weighted by atomic mass is 10.2. The number of benzene rings is 2. The summed E-state index contributed by atoms with van der Waals surface area (Å²) < 4.78 is 29.2. The Hall–Kier alpha value is -3.16. The van der Waals surface area contributed by atoms with Gasteiger partial charge in [-0.3, -0.25) is 4.79 Å². The lowest BCUT2D eigenvalue weighted by molar-refractivity contribution is -0.0501. The van der Waals surface area contributed by atoms with E-state index in [-0.39, 0.29) is 23.4 Å². The number of hydrogen-bond donors (Lipinski definition) is 3. The third kappa shape index (κ3) is 4.92. The minimum Gasteiger partial charge on any atom is -0.434 e. The van der Waals surface area contributed by atoms with Gasteiger partial charge in [0.25, 0.3) is 5.91 Å². The third-order valence-electron chi connectivity index (χ3n) is 3.66. The molecule has 0 unspecified atom stereocenters. The zero-order chi connectivity index (χ0) is 18.5. The molecule has 0 saturated heterocycles. The van der Waals surface area contributed by atoms with Crippen LogP contribution in [-0.4, -0.2) is 24.6 Å². The summed E-state index contributed by atoms with van der Waals surface area (Å²) in [7, 11) is 0. The molecule has 0 radical (unpaired) electrons. The molecule has 0 atom stereocenters. The first kappa shape index (κ1) is 17.7. The summed E-state index contributed by atoms with van der Waals surface area (Å²) >= 11 is 0. The van der Waals surface area contributed by atoms with Crippen molar-refractivity contribution in [3.63, 3.8) is 0 Å². The number of alkyl halides is 2. The molecule has 6 nitrogen and oxygen atoms in total. The van der Waals surface area contributed by atoms with Crippen molar-refractivity contribution in [1.82, 2.24) is 5.32 Å². The van der Waals surface area contributed by atoms with Gasteiger partial charge >= 0.3 is 12.6 Å². The van der Waals surface area contributed by atoms with Crippen LogP contribution in [0.4, 0.5) is 25.0 Å². The van der Waals surface area contributed by atoms with Crippen molar-refractivity contribution in [3.05, 3.63) is 54.1 Å². The molecule has 0 aliphatic heterocycles. The van der Waals surface area contributed by atoms with Gasteiger partial charge in [0.1, 0.15) is 5.75 Å². The van der Waals surface area contributed by atoms with E-state index < -0.39 is 12.5 Å². The monoisotopic (exact) mass is 361 g/mol. The highest BCUT2D eigenvalue weighted by atomic mass is 19.3. The molecule has 0 heterocycles. The van der Waals surface area contributed by atoms with Gasteiger partial charge < -0.3 is 20.7 Å². The minimum atomic E-state index is -3.02. The first-order valence-corrected chi connectivity index (χ1v) is 8.04. The molecule has 1 fully saturated rings. The zero-order valence-electron chi connectivity index (χ0n) is 13.7. The average molecular weight is 361 g/mol. The molecule has 136 valence electrons.